The van der Waals surface area contributed by atoms with Gasteiger partial charge in [0.15, 0.2) is 0 Å². The number of amidine groups is 1. The molecule has 3 aliphatic heterocycles. The van der Waals surface area contributed by atoms with E-state index in [9.17, 15) is 4.79 Å². The van der Waals surface area contributed by atoms with Gasteiger partial charge in [-0.05, 0) is 18.2 Å². The minimum absolute atomic E-state index is 0.0675. The molecule has 2 saturated heterocycles. The van der Waals surface area contributed by atoms with Crippen molar-refractivity contribution in [1.29, 1.82) is 0 Å². The van der Waals surface area contributed by atoms with Crippen LogP contribution in [0.2, 0.25) is 10.0 Å². The molecule has 0 radical (unpaired) electrons. The highest BCUT2D eigenvalue weighted by Crippen LogP contribution is 2.43. The number of nitrogens with zero attached hydrogens (tertiary/aromatic N) is 4. The molecule has 0 saturated carbocycles. The first-order valence-corrected chi connectivity index (χ1v) is 15.6. The lowest BCUT2D eigenvalue weighted by Gasteiger charge is -2.47. The van der Waals surface area contributed by atoms with Crippen LogP contribution in [0.1, 0.15) is 17.5 Å². The van der Waals surface area contributed by atoms with Crippen LogP contribution in [0.15, 0.2) is 65.7 Å². The van der Waals surface area contributed by atoms with E-state index in [1.807, 2.05) is 60.7 Å². The second kappa shape index (κ2) is 12.0. The first kappa shape index (κ1) is 29.5. The number of nitrogens with one attached hydrogen (secondary N) is 2. The molecule has 45 heavy (non-hydrogen) atoms. The van der Waals surface area contributed by atoms with Gasteiger partial charge in [0.1, 0.15) is 5.84 Å². The fourth-order valence-corrected chi connectivity index (χ4v) is 7.18. The number of carbonyl (C=O) groups excluding carboxylic acids is 1. The molecule has 1 amide bonds. The maximum absolute atomic E-state index is 11.7. The Labute approximate surface area is 271 Å². The van der Waals surface area contributed by atoms with Crippen molar-refractivity contribution in [2.45, 2.75) is 13.0 Å². The Hall–Kier alpha value is -4.18. The van der Waals surface area contributed by atoms with Gasteiger partial charge in [0.25, 0.3) is 0 Å². The molecular weight excluding hydrogens is 611 g/mol. The monoisotopic (exact) mass is 642 g/mol. The predicted octanol–water partition coefficient (Wildman–Crippen LogP) is 5.47. The van der Waals surface area contributed by atoms with Crippen molar-refractivity contribution in [2.24, 2.45) is 10.4 Å². The average Bonchev–Trinajstić information content (AvgIpc) is 3.72. The number of amides is 1. The molecule has 11 heteroatoms. The van der Waals surface area contributed by atoms with Crippen LogP contribution in [-0.2, 0) is 11.3 Å². The summed E-state index contributed by atoms with van der Waals surface area (Å²) in [5.41, 5.74) is 6.34. The van der Waals surface area contributed by atoms with Crippen LogP contribution in [-0.4, -0.2) is 73.6 Å². The number of halogens is 2. The summed E-state index contributed by atoms with van der Waals surface area (Å²) in [7, 11) is 3.23. The minimum Gasteiger partial charge on any atom is -0.481 e. The Morgan fingerprint density at radius 1 is 0.800 bits per heavy atom. The van der Waals surface area contributed by atoms with Gasteiger partial charge in [0, 0.05) is 72.4 Å². The highest BCUT2D eigenvalue weighted by atomic mass is 35.5. The van der Waals surface area contributed by atoms with E-state index < -0.39 is 0 Å². The molecular formula is C34H32Cl2N6O3. The third-order valence-corrected chi connectivity index (χ3v) is 9.48. The van der Waals surface area contributed by atoms with Crippen molar-refractivity contribution in [3.05, 3.63) is 81.8 Å². The number of aromatic nitrogens is 2. The van der Waals surface area contributed by atoms with Crippen LogP contribution < -0.4 is 20.1 Å². The Bertz CT molecular complexity index is 1840. The van der Waals surface area contributed by atoms with Crippen molar-refractivity contribution in [2.75, 3.05) is 46.9 Å². The minimum atomic E-state index is 0.0675. The van der Waals surface area contributed by atoms with E-state index in [0.717, 1.165) is 71.9 Å². The fraction of sp³-hybridized carbons (Fsp3) is 0.294. The number of methoxy groups -OCH3 is 2. The summed E-state index contributed by atoms with van der Waals surface area (Å²) >= 11 is 14.1. The highest BCUT2D eigenvalue weighted by Gasteiger charge is 2.48. The number of hydrogen-bond donors (Lipinski definition) is 2. The molecule has 9 nitrogen and oxygen atoms in total. The molecule has 2 fully saturated rings. The van der Waals surface area contributed by atoms with Crippen molar-refractivity contribution in [1.82, 2.24) is 25.5 Å². The normalized spacial score (nSPS) is 17.1. The maximum Gasteiger partial charge on any atom is 0.224 e. The Morgan fingerprint density at radius 3 is 2.00 bits per heavy atom. The van der Waals surface area contributed by atoms with Gasteiger partial charge in [-0.1, -0.05) is 65.7 Å². The van der Waals surface area contributed by atoms with Crippen molar-refractivity contribution < 1.29 is 14.3 Å². The molecule has 230 valence electrons. The van der Waals surface area contributed by atoms with Crippen LogP contribution in [0.25, 0.3) is 33.6 Å². The van der Waals surface area contributed by atoms with E-state index in [1.165, 1.54) is 0 Å². The summed E-state index contributed by atoms with van der Waals surface area (Å²) in [5, 5.41) is 7.30. The summed E-state index contributed by atoms with van der Waals surface area (Å²) in [6.45, 7) is 4.73. The van der Waals surface area contributed by atoms with Crippen molar-refractivity contribution in [3.63, 3.8) is 0 Å². The number of carbonyl (C=O) groups is 1. The lowest BCUT2D eigenvalue weighted by molar-refractivity contribution is -0.120. The van der Waals surface area contributed by atoms with Gasteiger partial charge in [0.05, 0.1) is 47.8 Å². The van der Waals surface area contributed by atoms with Crippen LogP contribution in [0.5, 0.6) is 11.8 Å². The van der Waals surface area contributed by atoms with Gasteiger partial charge in [-0.25, -0.2) is 9.97 Å². The molecule has 2 aromatic heterocycles. The molecule has 0 bridgehead atoms. The van der Waals surface area contributed by atoms with Gasteiger partial charge >= 0.3 is 0 Å². The number of likely N-dealkylation sites (tertiary alicyclic amines) is 1. The Kier molecular flexibility index (Phi) is 7.85. The lowest BCUT2D eigenvalue weighted by atomic mass is 9.79. The molecule has 2 aromatic carbocycles. The summed E-state index contributed by atoms with van der Waals surface area (Å²) < 4.78 is 11.3. The Morgan fingerprint density at radius 2 is 1.42 bits per heavy atom. The molecule has 1 spiro atoms. The number of ether oxygens (including phenoxy) is 2. The third kappa shape index (κ3) is 5.49. The van der Waals surface area contributed by atoms with Crippen molar-refractivity contribution >= 4 is 34.9 Å². The Balaban J connectivity index is 1.16. The van der Waals surface area contributed by atoms with Gasteiger partial charge in [-0.2, -0.15) is 0 Å². The van der Waals surface area contributed by atoms with E-state index in [1.54, 1.807) is 14.2 Å². The molecule has 5 heterocycles. The van der Waals surface area contributed by atoms with Crippen molar-refractivity contribution in [3.8, 4) is 45.4 Å². The summed E-state index contributed by atoms with van der Waals surface area (Å²) in [6.07, 6.45) is 0.602. The number of pyridine rings is 2. The molecule has 3 aliphatic rings. The van der Waals surface area contributed by atoms with Crippen LogP contribution in [0.3, 0.4) is 0 Å². The van der Waals surface area contributed by atoms with Gasteiger partial charge < -0.3 is 20.1 Å². The quantitative estimate of drug-likeness (QED) is 0.263. The number of benzene rings is 2. The summed E-state index contributed by atoms with van der Waals surface area (Å²) in [5.74, 6) is 1.95. The topological polar surface area (TPSA) is 101 Å². The molecule has 4 aromatic rings. The van der Waals surface area contributed by atoms with E-state index in [-0.39, 0.29) is 11.3 Å². The fourth-order valence-electron chi connectivity index (χ4n) is 6.53. The molecule has 2 N–H and O–H groups in total. The third-order valence-electron chi connectivity index (χ3n) is 8.66. The van der Waals surface area contributed by atoms with E-state index >= 15 is 0 Å². The van der Waals surface area contributed by atoms with Gasteiger partial charge in [0.2, 0.25) is 17.7 Å². The predicted molar refractivity (Wildman–Crippen MR) is 176 cm³/mol. The SMILES string of the molecule is COc1nc(-c2cccc(-c3cccc(-c4ccc(C5=NCCN5)c(OC)n4)c3Cl)c2Cl)ccc1CN1CC2(CNC(=O)C2)C1. The van der Waals surface area contributed by atoms with E-state index in [0.29, 0.717) is 46.2 Å². The van der Waals surface area contributed by atoms with Crippen LogP contribution >= 0.6 is 23.2 Å². The lowest BCUT2D eigenvalue weighted by Crippen LogP contribution is -2.56. The zero-order chi connectivity index (χ0) is 31.1. The number of aliphatic imine (C=N–C) groups is 1. The van der Waals surface area contributed by atoms with Gasteiger partial charge in [-0.3, -0.25) is 14.7 Å². The molecule has 0 unspecified atom stereocenters. The molecule has 0 atom stereocenters. The standard InChI is InChI=1S/C34H32Cl2N6O3/c1-44-32-20(16-42-18-34(19-42)15-28(43)39-17-34)9-11-26(40-32)23-7-3-5-21(29(23)35)22-6-4-8-24(30(22)36)27-12-10-25(33(41-27)45-2)31-37-13-14-38-31/h3-12H,13-19H2,1-2H3,(H,37,38)(H,39,43). The van der Waals surface area contributed by atoms with Crippen LogP contribution in [0, 0.1) is 5.41 Å². The summed E-state index contributed by atoms with van der Waals surface area (Å²) in [4.78, 5) is 28.1. The highest BCUT2D eigenvalue weighted by molar-refractivity contribution is 6.39. The summed E-state index contributed by atoms with van der Waals surface area (Å²) in [6, 6.07) is 19.5. The average molecular weight is 644 g/mol. The smallest absolute Gasteiger partial charge is 0.224 e. The second-order valence-corrected chi connectivity index (χ2v) is 12.5. The first-order chi connectivity index (χ1) is 21.9. The molecule has 0 aliphatic carbocycles. The molecule has 7 rings (SSSR count). The zero-order valence-corrected chi connectivity index (χ0v) is 26.5. The van der Waals surface area contributed by atoms with E-state index in [2.05, 4.69) is 20.5 Å². The maximum atomic E-state index is 11.7. The van der Waals surface area contributed by atoms with Gasteiger partial charge in [-0.15, -0.1) is 0 Å². The second-order valence-electron chi connectivity index (χ2n) is 11.7. The number of hydrogen-bond acceptors (Lipinski definition) is 8. The first-order valence-electron chi connectivity index (χ1n) is 14.8. The van der Waals surface area contributed by atoms with E-state index in [4.69, 9.17) is 42.6 Å². The number of rotatable bonds is 8. The van der Waals surface area contributed by atoms with Crippen LogP contribution in [0.4, 0.5) is 0 Å². The largest absolute Gasteiger partial charge is 0.481 e. The zero-order valence-electron chi connectivity index (χ0n) is 25.0.